The van der Waals surface area contributed by atoms with Crippen molar-refractivity contribution in [2.45, 2.75) is 167 Å². The Balaban J connectivity index is 4.68. The van der Waals surface area contributed by atoms with E-state index in [9.17, 15) is 33.8 Å². The molecule has 0 saturated carbocycles. The highest BCUT2D eigenvalue weighted by Crippen LogP contribution is 2.43. The summed E-state index contributed by atoms with van der Waals surface area (Å²) in [4.78, 5) is 52.7. The van der Waals surface area contributed by atoms with Crippen LogP contribution >= 0.6 is 15.6 Å². The molecule has 62 heavy (non-hydrogen) atoms. The van der Waals surface area contributed by atoms with Gasteiger partial charge in [-0.3, -0.25) is 23.2 Å². The number of aliphatic hydroxyl groups is 2. The zero-order chi connectivity index (χ0) is 46.0. The van der Waals surface area contributed by atoms with Gasteiger partial charge in [0.2, 0.25) is 0 Å². The van der Waals surface area contributed by atoms with E-state index in [1.165, 1.54) is 19.3 Å². The van der Waals surface area contributed by atoms with Crippen LogP contribution in [0.25, 0.3) is 0 Å². The number of ether oxygens (including phenoxy) is 2. The molecule has 0 heterocycles. The lowest BCUT2D eigenvalue weighted by atomic mass is 10.1. The van der Waals surface area contributed by atoms with E-state index in [1.807, 2.05) is 36.5 Å². The van der Waals surface area contributed by atoms with Crippen molar-refractivity contribution in [3.8, 4) is 0 Å². The Hall–Kier alpha value is -2.74. The van der Waals surface area contributed by atoms with E-state index in [2.05, 4.69) is 59.4 Å². The minimum Gasteiger partial charge on any atom is -0.462 e. The van der Waals surface area contributed by atoms with Gasteiger partial charge in [0.1, 0.15) is 12.7 Å². The monoisotopic (exact) mass is 916 g/mol. The number of esters is 2. The molecule has 0 aliphatic heterocycles. The number of phosphoric acid groups is 2. The SMILES string of the molecule is CC/C=C\C/C=C\CC(O)/C=C/C=C\C/C=C\CCCC(=O)O[C@H](COC(=O)CCCCCCCCC/C=C\C/C=C\CCCCC)COP(=O)(O)OC[C@@H](O)COP(=O)(O)O. The molecule has 0 amide bonds. The van der Waals surface area contributed by atoms with Crippen LogP contribution in [0.15, 0.2) is 85.1 Å². The van der Waals surface area contributed by atoms with Gasteiger partial charge in [-0.1, -0.05) is 144 Å². The van der Waals surface area contributed by atoms with Crippen molar-refractivity contribution in [3.05, 3.63) is 85.1 Å². The first-order valence-corrected chi connectivity index (χ1v) is 25.4. The summed E-state index contributed by atoms with van der Waals surface area (Å²) in [6.45, 7) is 1.45. The molecular formula is C46H78O14P2. The topological polar surface area (TPSA) is 216 Å². The van der Waals surface area contributed by atoms with Gasteiger partial charge in [-0.25, -0.2) is 9.13 Å². The highest BCUT2D eigenvalue weighted by molar-refractivity contribution is 7.47. The molecule has 2 unspecified atom stereocenters. The van der Waals surface area contributed by atoms with Crippen molar-refractivity contribution in [2.24, 2.45) is 0 Å². The van der Waals surface area contributed by atoms with Crippen LogP contribution in [0.5, 0.6) is 0 Å². The lowest BCUT2D eigenvalue weighted by Gasteiger charge is -2.20. The Morgan fingerprint density at radius 3 is 1.73 bits per heavy atom. The van der Waals surface area contributed by atoms with E-state index < -0.39 is 72.3 Å². The molecule has 0 aliphatic carbocycles. The van der Waals surface area contributed by atoms with E-state index >= 15 is 0 Å². The molecule has 14 nitrogen and oxygen atoms in total. The molecule has 0 radical (unpaired) electrons. The second-order valence-corrected chi connectivity index (χ2v) is 17.5. The third-order valence-electron chi connectivity index (χ3n) is 8.84. The Labute approximate surface area is 371 Å². The first-order valence-electron chi connectivity index (χ1n) is 22.4. The molecule has 0 aliphatic rings. The molecule has 356 valence electrons. The lowest BCUT2D eigenvalue weighted by molar-refractivity contribution is -0.161. The Morgan fingerprint density at radius 1 is 0.548 bits per heavy atom. The summed E-state index contributed by atoms with van der Waals surface area (Å²) in [5.41, 5.74) is 0. The smallest absolute Gasteiger partial charge is 0.462 e. The van der Waals surface area contributed by atoms with Crippen molar-refractivity contribution in [2.75, 3.05) is 26.4 Å². The zero-order valence-corrected chi connectivity index (χ0v) is 39.1. The molecule has 5 N–H and O–H groups in total. The van der Waals surface area contributed by atoms with Crippen LogP contribution in [0.1, 0.15) is 149 Å². The number of hydrogen-bond acceptors (Lipinski definition) is 11. The van der Waals surface area contributed by atoms with Gasteiger partial charge in [0, 0.05) is 12.8 Å². The highest BCUT2D eigenvalue weighted by Gasteiger charge is 2.28. The maximum atomic E-state index is 12.7. The van der Waals surface area contributed by atoms with Crippen molar-refractivity contribution in [1.29, 1.82) is 0 Å². The van der Waals surface area contributed by atoms with E-state index in [0.29, 0.717) is 32.1 Å². The number of allylic oxidation sites excluding steroid dienone is 12. The molecule has 16 heteroatoms. The largest absolute Gasteiger partial charge is 0.472 e. The molecule has 0 saturated heterocycles. The molecule has 0 fully saturated rings. The fourth-order valence-electron chi connectivity index (χ4n) is 5.44. The zero-order valence-electron chi connectivity index (χ0n) is 37.3. The molecule has 4 atom stereocenters. The van der Waals surface area contributed by atoms with Crippen molar-refractivity contribution in [3.63, 3.8) is 0 Å². The van der Waals surface area contributed by atoms with Crippen LogP contribution in [-0.4, -0.2) is 81.6 Å². The third kappa shape index (κ3) is 43.9. The first-order chi connectivity index (χ1) is 29.8. The maximum Gasteiger partial charge on any atom is 0.472 e. The quantitative estimate of drug-likeness (QED) is 0.0127. The molecule has 0 aromatic carbocycles. The Kier molecular flexibility index (Phi) is 39.2. The van der Waals surface area contributed by atoms with Gasteiger partial charge in [0.15, 0.2) is 6.10 Å². The minimum absolute atomic E-state index is 0.0151. The highest BCUT2D eigenvalue weighted by atomic mass is 31.2. The molecular weight excluding hydrogens is 838 g/mol. The van der Waals surface area contributed by atoms with Crippen molar-refractivity contribution >= 4 is 27.6 Å². The molecule has 0 aromatic heterocycles. The van der Waals surface area contributed by atoms with Crippen LogP contribution in [0.2, 0.25) is 0 Å². The van der Waals surface area contributed by atoms with E-state index in [0.717, 1.165) is 70.6 Å². The maximum absolute atomic E-state index is 12.7. The fourth-order valence-corrected chi connectivity index (χ4v) is 6.59. The van der Waals surface area contributed by atoms with Crippen LogP contribution in [0.4, 0.5) is 0 Å². The predicted octanol–water partition coefficient (Wildman–Crippen LogP) is 10.5. The van der Waals surface area contributed by atoms with Crippen LogP contribution in [0, 0.1) is 0 Å². The lowest BCUT2D eigenvalue weighted by Crippen LogP contribution is -2.29. The molecule has 0 aromatic rings. The summed E-state index contributed by atoms with van der Waals surface area (Å²) in [7, 11) is -9.73. The number of phosphoric ester groups is 2. The fraction of sp³-hybridized carbons (Fsp3) is 0.652. The number of rotatable bonds is 41. The first kappa shape index (κ1) is 59.3. The molecule has 0 rings (SSSR count). The van der Waals surface area contributed by atoms with Gasteiger partial charge >= 0.3 is 27.6 Å². The van der Waals surface area contributed by atoms with Gasteiger partial charge in [0.05, 0.1) is 25.9 Å². The second-order valence-electron chi connectivity index (χ2n) is 14.8. The van der Waals surface area contributed by atoms with Gasteiger partial charge in [-0.15, -0.1) is 0 Å². The van der Waals surface area contributed by atoms with Gasteiger partial charge in [-0.2, -0.15) is 0 Å². The summed E-state index contributed by atoms with van der Waals surface area (Å²) in [5.74, 6) is -1.15. The number of unbranched alkanes of at least 4 members (excludes halogenated alkanes) is 11. The number of aliphatic hydroxyl groups excluding tert-OH is 2. The van der Waals surface area contributed by atoms with Crippen molar-refractivity contribution in [1.82, 2.24) is 0 Å². The average Bonchev–Trinajstić information content (AvgIpc) is 3.23. The van der Waals surface area contributed by atoms with Crippen LogP contribution in [-0.2, 0) is 41.8 Å². The minimum atomic E-state index is -4.88. The van der Waals surface area contributed by atoms with E-state index in [1.54, 1.807) is 12.2 Å². The molecule has 0 bridgehead atoms. The Morgan fingerprint density at radius 2 is 1.08 bits per heavy atom. The number of carbonyl (C=O) groups is 2. The van der Waals surface area contributed by atoms with Gasteiger partial charge in [0.25, 0.3) is 0 Å². The summed E-state index contributed by atoms with van der Waals surface area (Å²) in [5, 5.41) is 19.8. The molecule has 0 spiro atoms. The Bertz CT molecular complexity index is 1430. The van der Waals surface area contributed by atoms with Crippen LogP contribution < -0.4 is 0 Å². The normalized spacial score (nSPS) is 15.3. The van der Waals surface area contributed by atoms with Gasteiger partial charge in [-0.05, 0) is 77.0 Å². The predicted molar refractivity (Wildman–Crippen MR) is 245 cm³/mol. The summed E-state index contributed by atoms with van der Waals surface area (Å²) < 4.78 is 47.7. The van der Waals surface area contributed by atoms with Crippen LogP contribution in [0.3, 0.4) is 0 Å². The summed E-state index contributed by atoms with van der Waals surface area (Å²) >= 11 is 0. The number of hydrogen-bond donors (Lipinski definition) is 5. The van der Waals surface area contributed by atoms with E-state index in [4.69, 9.17) is 23.8 Å². The number of carbonyl (C=O) groups excluding carboxylic acids is 2. The summed E-state index contributed by atoms with van der Waals surface area (Å²) in [6, 6.07) is 0. The second kappa shape index (κ2) is 41.0. The standard InChI is InChI=1S/C46H78O14P2/c1-3-5-7-9-11-12-13-14-15-16-17-18-19-20-24-28-32-36-45(49)56-40-44(41-59-62(54,55)58-39-43(48)38-57-61(51,52)53)60-46(50)37-33-29-25-22-21-23-27-31-35-42(47)34-30-26-10-8-6-4-2/h6,8,11-12,14-15,22-23,25-27,30-31,35,42-44,47-48H,3-5,7,9-10,13,16-21,24,28-29,32-34,36-41H2,1-2H3,(H,54,55)(H2,51,52,53)/b8-6-,12-11-,15-14-,25-22-,27-23-,30-26-,35-31+/t42?,43-,44+/m0/s1. The van der Waals surface area contributed by atoms with Crippen molar-refractivity contribution < 1.29 is 66.7 Å². The average molecular weight is 917 g/mol. The third-order valence-corrected chi connectivity index (χ3v) is 10.3. The van der Waals surface area contributed by atoms with E-state index in [-0.39, 0.29) is 12.8 Å². The summed E-state index contributed by atoms with van der Waals surface area (Å²) in [6.07, 6.45) is 43.2. The van der Waals surface area contributed by atoms with Gasteiger partial charge < -0.3 is 34.4 Å².